The summed E-state index contributed by atoms with van der Waals surface area (Å²) in [6, 6.07) is 20.4. The van der Waals surface area contributed by atoms with Crippen LogP contribution in [0.2, 0.25) is 0 Å². The molecule has 6 rings (SSSR count). The lowest BCUT2D eigenvalue weighted by Gasteiger charge is -2.09. The average Bonchev–Trinajstić information content (AvgIpc) is 3.65. The van der Waals surface area contributed by atoms with Crippen LogP contribution in [0.25, 0.3) is 34.0 Å². The normalized spacial score (nSPS) is 12.6. The molecule has 0 N–H and O–H groups in total. The number of esters is 1. The number of hydrogen-bond acceptors (Lipinski definition) is 7. The summed E-state index contributed by atoms with van der Waals surface area (Å²) in [4.78, 5) is 25.2. The smallest absolute Gasteiger partial charge is 0.339 e. The highest BCUT2D eigenvalue weighted by Crippen LogP contribution is 2.34. The van der Waals surface area contributed by atoms with Crippen LogP contribution in [0.5, 0.6) is 17.2 Å². The molecular formula is C32H26N2O6. The van der Waals surface area contributed by atoms with Crippen molar-refractivity contribution in [3.63, 3.8) is 0 Å². The first-order valence-electron chi connectivity index (χ1n) is 12.9. The number of para-hydroxylation sites is 1. The molecule has 2 aromatic heterocycles. The fourth-order valence-corrected chi connectivity index (χ4v) is 5.07. The van der Waals surface area contributed by atoms with Crippen molar-refractivity contribution in [2.24, 2.45) is 0 Å². The highest BCUT2D eigenvalue weighted by molar-refractivity contribution is 5.91. The van der Waals surface area contributed by atoms with Crippen molar-refractivity contribution in [2.75, 3.05) is 14.2 Å². The van der Waals surface area contributed by atoms with Crippen molar-refractivity contribution in [3.8, 4) is 34.2 Å². The van der Waals surface area contributed by atoms with Crippen molar-refractivity contribution in [1.29, 1.82) is 0 Å². The molecule has 1 aliphatic carbocycles. The number of ether oxygens (including phenoxy) is 3. The number of methoxy groups -OCH3 is 2. The van der Waals surface area contributed by atoms with E-state index in [0.29, 0.717) is 34.1 Å². The summed E-state index contributed by atoms with van der Waals surface area (Å²) in [6.07, 6.45) is 7.37. The molecule has 0 amide bonds. The summed E-state index contributed by atoms with van der Waals surface area (Å²) >= 11 is 0. The second kappa shape index (κ2) is 10.6. The number of nitrogens with zero attached hydrogens (tertiary/aromatic N) is 2. The molecule has 0 saturated carbocycles. The zero-order valence-electron chi connectivity index (χ0n) is 22.0. The summed E-state index contributed by atoms with van der Waals surface area (Å²) in [5.41, 5.74) is 4.89. The van der Waals surface area contributed by atoms with E-state index in [-0.39, 0.29) is 5.63 Å². The van der Waals surface area contributed by atoms with Crippen LogP contribution in [0.4, 0.5) is 0 Å². The summed E-state index contributed by atoms with van der Waals surface area (Å²) in [6.45, 7) is 0. The number of aryl methyl sites for hydroxylation is 1. The first-order valence-corrected chi connectivity index (χ1v) is 12.9. The second-order valence-electron chi connectivity index (χ2n) is 9.40. The topological polar surface area (TPSA) is 92.8 Å². The highest BCUT2D eigenvalue weighted by atomic mass is 16.5. The van der Waals surface area contributed by atoms with Gasteiger partial charge in [0.05, 0.1) is 19.9 Å². The monoisotopic (exact) mass is 534 g/mol. The van der Waals surface area contributed by atoms with Crippen LogP contribution in [0.3, 0.4) is 0 Å². The van der Waals surface area contributed by atoms with E-state index in [1.54, 1.807) is 37.1 Å². The van der Waals surface area contributed by atoms with Gasteiger partial charge in [-0.3, -0.25) is 0 Å². The third kappa shape index (κ3) is 4.75. The van der Waals surface area contributed by atoms with E-state index in [1.165, 1.54) is 6.08 Å². The van der Waals surface area contributed by atoms with Crippen molar-refractivity contribution in [1.82, 2.24) is 9.78 Å². The van der Waals surface area contributed by atoms with E-state index in [1.807, 2.05) is 60.8 Å². The Balaban J connectivity index is 1.30. The first-order chi connectivity index (χ1) is 19.5. The van der Waals surface area contributed by atoms with Crippen LogP contribution < -0.4 is 19.8 Å². The van der Waals surface area contributed by atoms with Crippen LogP contribution in [-0.4, -0.2) is 30.0 Å². The van der Waals surface area contributed by atoms with E-state index in [4.69, 9.17) is 23.7 Å². The molecule has 0 bridgehead atoms. The first kappa shape index (κ1) is 25.2. The summed E-state index contributed by atoms with van der Waals surface area (Å²) < 4.78 is 23.7. The Hall–Kier alpha value is -5.11. The van der Waals surface area contributed by atoms with E-state index in [2.05, 4.69) is 0 Å². The van der Waals surface area contributed by atoms with Gasteiger partial charge in [-0.05, 0) is 73.4 Å². The molecule has 8 heteroatoms. The number of aromatic nitrogens is 2. The minimum Gasteiger partial charge on any atom is -0.493 e. The zero-order valence-corrected chi connectivity index (χ0v) is 22.0. The molecule has 0 spiro atoms. The summed E-state index contributed by atoms with van der Waals surface area (Å²) in [5.74, 6) is 0.889. The molecule has 3 aromatic carbocycles. The van der Waals surface area contributed by atoms with Crippen LogP contribution in [0.15, 0.2) is 88.2 Å². The Morgan fingerprint density at radius 2 is 1.75 bits per heavy atom. The van der Waals surface area contributed by atoms with Crippen molar-refractivity contribution in [3.05, 3.63) is 106 Å². The maximum atomic E-state index is 12.8. The van der Waals surface area contributed by atoms with E-state index in [0.717, 1.165) is 47.0 Å². The van der Waals surface area contributed by atoms with Gasteiger partial charge in [0, 0.05) is 40.4 Å². The van der Waals surface area contributed by atoms with Gasteiger partial charge in [0.15, 0.2) is 11.5 Å². The minimum absolute atomic E-state index is 0.295. The molecule has 200 valence electrons. The maximum absolute atomic E-state index is 12.8. The van der Waals surface area contributed by atoms with E-state index >= 15 is 0 Å². The Morgan fingerprint density at radius 3 is 2.55 bits per heavy atom. The third-order valence-electron chi connectivity index (χ3n) is 6.98. The van der Waals surface area contributed by atoms with Crippen LogP contribution >= 0.6 is 0 Å². The van der Waals surface area contributed by atoms with Gasteiger partial charge in [0.25, 0.3) is 0 Å². The molecule has 0 fully saturated rings. The van der Waals surface area contributed by atoms with Crippen LogP contribution in [0, 0.1) is 0 Å². The van der Waals surface area contributed by atoms with Gasteiger partial charge in [0.2, 0.25) is 0 Å². The van der Waals surface area contributed by atoms with Crippen LogP contribution in [-0.2, 0) is 17.6 Å². The average molecular weight is 535 g/mol. The molecule has 2 heterocycles. The van der Waals surface area contributed by atoms with Gasteiger partial charge in [-0.2, -0.15) is 5.10 Å². The SMILES string of the molecule is COc1ccc(-c2nn(-c3ccccc3)cc2C=CC(=O)Oc2ccc3c4c(c(=O)oc3c2)CCC4)cc1OC. The largest absolute Gasteiger partial charge is 0.493 e. The standard InChI is InChI=1S/C32H26N2O6/c1-37-27-15-11-20(17-29(27)38-2)31-21(19-34(33-31)22-7-4-3-5-8-22)12-16-30(35)39-23-13-14-25-24-9-6-10-26(24)32(36)40-28(25)18-23/h3-5,7-8,11-19H,6,9-10H2,1-2H3. The van der Waals surface area contributed by atoms with E-state index < -0.39 is 5.97 Å². The number of carbonyl (C=O) groups is 1. The molecule has 0 unspecified atom stereocenters. The fourth-order valence-electron chi connectivity index (χ4n) is 5.07. The van der Waals surface area contributed by atoms with Crippen molar-refractivity contribution < 1.29 is 23.4 Å². The number of carbonyl (C=O) groups excluding carboxylic acids is 1. The molecule has 40 heavy (non-hydrogen) atoms. The van der Waals surface area contributed by atoms with Gasteiger partial charge >= 0.3 is 11.6 Å². The number of rotatable bonds is 7. The molecule has 8 nitrogen and oxygen atoms in total. The summed E-state index contributed by atoms with van der Waals surface area (Å²) in [7, 11) is 3.16. The van der Waals surface area contributed by atoms with Gasteiger partial charge < -0.3 is 18.6 Å². The molecule has 0 atom stereocenters. The lowest BCUT2D eigenvalue weighted by atomic mass is 10.1. The molecule has 0 aliphatic heterocycles. The van der Waals surface area contributed by atoms with Gasteiger partial charge in [0.1, 0.15) is 17.0 Å². The zero-order chi connectivity index (χ0) is 27.6. The molecule has 0 saturated heterocycles. The Labute approximate surface area is 230 Å². The highest BCUT2D eigenvalue weighted by Gasteiger charge is 2.20. The summed E-state index contributed by atoms with van der Waals surface area (Å²) in [5, 5.41) is 5.67. The molecule has 1 aliphatic rings. The lowest BCUT2D eigenvalue weighted by Crippen LogP contribution is -2.07. The predicted octanol–water partition coefficient (Wildman–Crippen LogP) is 5.77. The minimum atomic E-state index is -0.575. The van der Waals surface area contributed by atoms with Gasteiger partial charge in [-0.15, -0.1) is 0 Å². The molecule has 5 aromatic rings. The lowest BCUT2D eigenvalue weighted by molar-refractivity contribution is -0.128. The quantitative estimate of drug-likeness (QED) is 0.113. The molecular weight excluding hydrogens is 508 g/mol. The predicted molar refractivity (Wildman–Crippen MR) is 151 cm³/mol. The second-order valence-corrected chi connectivity index (χ2v) is 9.40. The Bertz CT molecular complexity index is 1820. The van der Waals surface area contributed by atoms with Gasteiger partial charge in [-0.25, -0.2) is 14.3 Å². The number of hydrogen-bond donors (Lipinski definition) is 0. The van der Waals surface area contributed by atoms with E-state index in [9.17, 15) is 9.59 Å². The number of fused-ring (bicyclic) bond motifs is 3. The molecule has 0 radical (unpaired) electrons. The fraction of sp³-hybridized carbons (Fsp3) is 0.156. The van der Waals surface area contributed by atoms with Crippen molar-refractivity contribution >= 4 is 23.0 Å². The third-order valence-corrected chi connectivity index (χ3v) is 6.98. The Morgan fingerprint density at radius 1 is 0.950 bits per heavy atom. The van der Waals surface area contributed by atoms with Crippen molar-refractivity contribution in [2.45, 2.75) is 19.3 Å². The van der Waals surface area contributed by atoms with Crippen LogP contribution in [0.1, 0.15) is 23.1 Å². The van der Waals surface area contributed by atoms with Gasteiger partial charge in [-0.1, -0.05) is 18.2 Å². The number of benzene rings is 3. The maximum Gasteiger partial charge on any atom is 0.339 e. The Kier molecular flexibility index (Phi) is 6.66.